The molecule has 0 aliphatic heterocycles. The summed E-state index contributed by atoms with van der Waals surface area (Å²) in [5.41, 5.74) is 2.17. The van der Waals surface area contributed by atoms with Crippen LogP contribution < -0.4 is 5.32 Å². The molecule has 0 aliphatic carbocycles. The Morgan fingerprint density at radius 1 is 0.818 bits per heavy atom. The van der Waals surface area contributed by atoms with Gasteiger partial charge in [-0.3, -0.25) is 9.59 Å². The molecule has 0 spiro atoms. The van der Waals surface area contributed by atoms with Crippen LogP contribution in [0.5, 0.6) is 0 Å². The Hall–Kier alpha value is -3.47. The molecular formula is C28H31FN2O2. The molecule has 0 aromatic heterocycles. The fraction of sp³-hybridized carbons (Fsp3) is 0.286. The molecule has 2 amide bonds. The molecule has 0 saturated carbocycles. The van der Waals surface area contributed by atoms with E-state index in [1.165, 1.54) is 12.1 Å². The molecule has 3 rings (SSSR count). The van der Waals surface area contributed by atoms with Gasteiger partial charge in [-0.05, 0) is 49.6 Å². The first-order valence-electron chi connectivity index (χ1n) is 11.1. The van der Waals surface area contributed by atoms with E-state index in [2.05, 4.69) is 5.32 Å². The summed E-state index contributed by atoms with van der Waals surface area (Å²) < 4.78 is 13.4. The summed E-state index contributed by atoms with van der Waals surface area (Å²) in [6.45, 7) is 6.07. The molecule has 0 fully saturated rings. The van der Waals surface area contributed by atoms with Gasteiger partial charge in [0.25, 0.3) is 0 Å². The van der Waals surface area contributed by atoms with Crippen molar-refractivity contribution in [2.75, 3.05) is 0 Å². The average Bonchev–Trinajstić information content (AvgIpc) is 2.78. The molecular weight excluding hydrogens is 415 g/mol. The maximum absolute atomic E-state index is 13.6. The van der Waals surface area contributed by atoms with Gasteiger partial charge in [0.05, 0.1) is 6.42 Å². The lowest BCUT2D eigenvalue weighted by Gasteiger charge is -2.34. The van der Waals surface area contributed by atoms with E-state index in [4.69, 9.17) is 0 Å². The molecule has 0 radical (unpaired) electrons. The van der Waals surface area contributed by atoms with Crippen LogP contribution in [-0.4, -0.2) is 28.3 Å². The van der Waals surface area contributed by atoms with Gasteiger partial charge in [-0.15, -0.1) is 0 Å². The van der Waals surface area contributed by atoms with Crippen LogP contribution in [-0.2, 0) is 29.0 Å². The zero-order valence-electron chi connectivity index (χ0n) is 19.4. The summed E-state index contributed by atoms with van der Waals surface area (Å²) in [6, 6.07) is 24.5. The van der Waals surface area contributed by atoms with Crippen molar-refractivity contribution in [3.63, 3.8) is 0 Å². The molecule has 33 heavy (non-hydrogen) atoms. The van der Waals surface area contributed by atoms with Crippen molar-refractivity contribution < 1.29 is 14.0 Å². The summed E-state index contributed by atoms with van der Waals surface area (Å²) in [4.78, 5) is 28.6. The highest BCUT2D eigenvalue weighted by atomic mass is 19.1. The molecule has 1 N–H and O–H groups in total. The van der Waals surface area contributed by atoms with Crippen LogP contribution in [0.2, 0.25) is 0 Å². The Morgan fingerprint density at radius 2 is 1.36 bits per heavy atom. The highest BCUT2D eigenvalue weighted by molar-refractivity contribution is 5.89. The highest BCUT2D eigenvalue weighted by Gasteiger charge is 2.32. The first-order chi connectivity index (χ1) is 15.7. The Labute approximate surface area is 195 Å². The van der Waals surface area contributed by atoms with Gasteiger partial charge in [-0.25, -0.2) is 4.39 Å². The zero-order chi connectivity index (χ0) is 23.8. The third-order valence-corrected chi connectivity index (χ3v) is 5.23. The summed E-state index contributed by atoms with van der Waals surface area (Å²) in [7, 11) is 0. The van der Waals surface area contributed by atoms with Crippen molar-refractivity contribution in [3.8, 4) is 0 Å². The van der Waals surface area contributed by atoms with Crippen LogP contribution >= 0.6 is 0 Å². The Bertz CT molecular complexity index is 1040. The minimum atomic E-state index is -0.695. The lowest BCUT2D eigenvalue weighted by molar-refractivity contribution is -0.141. The summed E-state index contributed by atoms with van der Waals surface area (Å²) in [6.07, 6.45) is 0.478. The number of halogens is 1. The maximum Gasteiger partial charge on any atom is 0.243 e. The Morgan fingerprint density at radius 3 is 1.91 bits per heavy atom. The topological polar surface area (TPSA) is 49.4 Å². The third kappa shape index (κ3) is 7.56. The number of nitrogens with zero attached hydrogens (tertiary/aromatic N) is 1. The first kappa shape index (κ1) is 24.2. The number of amides is 2. The predicted molar refractivity (Wildman–Crippen MR) is 129 cm³/mol. The monoisotopic (exact) mass is 446 g/mol. The largest absolute Gasteiger partial charge is 0.350 e. The smallest absolute Gasteiger partial charge is 0.243 e. The fourth-order valence-electron chi connectivity index (χ4n) is 3.67. The van der Waals surface area contributed by atoms with E-state index in [0.717, 1.165) is 11.1 Å². The predicted octanol–water partition coefficient (Wildman–Crippen LogP) is 4.92. The molecule has 172 valence electrons. The summed E-state index contributed by atoms with van der Waals surface area (Å²) in [5.74, 6) is -0.732. The van der Waals surface area contributed by atoms with Crippen molar-refractivity contribution in [1.29, 1.82) is 0 Å². The molecule has 0 saturated heterocycles. The quantitative estimate of drug-likeness (QED) is 0.534. The third-order valence-electron chi connectivity index (χ3n) is 5.23. The summed E-state index contributed by atoms with van der Waals surface area (Å²) in [5, 5.41) is 3.05. The minimum Gasteiger partial charge on any atom is -0.350 e. The standard InChI is InChI=1S/C28H31FN2O2/c1-28(2,3)30-27(33)25(18-21-10-6-4-7-11-21)31(20-23-12-8-5-9-13-23)26(32)19-22-14-16-24(29)17-15-22/h4-17,25H,18-20H2,1-3H3,(H,30,33)/t25-/m1/s1. The number of hydrogen-bond acceptors (Lipinski definition) is 2. The van der Waals surface area contributed by atoms with Crippen LogP contribution in [0.1, 0.15) is 37.5 Å². The molecule has 0 heterocycles. The van der Waals surface area contributed by atoms with Gasteiger partial charge >= 0.3 is 0 Å². The molecule has 3 aromatic carbocycles. The second-order valence-electron chi connectivity index (χ2n) is 9.26. The number of carbonyl (C=O) groups excluding carboxylic acids is 2. The minimum absolute atomic E-state index is 0.0845. The maximum atomic E-state index is 13.6. The Kier molecular flexibility index (Phi) is 7.99. The molecule has 4 nitrogen and oxygen atoms in total. The van der Waals surface area contributed by atoms with Crippen LogP contribution in [0, 0.1) is 5.82 Å². The van der Waals surface area contributed by atoms with Gasteiger partial charge < -0.3 is 10.2 Å². The second kappa shape index (κ2) is 10.9. The van der Waals surface area contributed by atoms with Gasteiger partial charge in [0, 0.05) is 18.5 Å². The van der Waals surface area contributed by atoms with Crippen LogP contribution in [0.15, 0.2) is 84.9 Å². The van der Waals surface area contributed by atoms with E-state index in [0.29, 0.717) is 18.5 Å². The van der Waals surface area contributed by atoms with Crippen molar-refractivity contribution in [2.45, 2.75) is 51.7 Å². The van der Waals surface area contributed by atoms with Gasteiger partial charge in [0.15, 0.2) is 0 Å². The lowest BCUT2D eigenvalue weighted by Crippen LogP contribution is -2.54. The number of carbonyl (C=O) groups is 2. The molecule has 5 heteroatoms. The molecule has 0 aliphatic rings. The van der Waals surface area contributed by atoms with E-state index in [1.807, 2.05) is 81.4 Å². The number of benzene rings is 3. The van der Waals surface area contributed by atoms with Crippen LogP contribution in [0.4, 0.5) is 4.39 Å². The van der Waals surface area contributed by atoms with Crippen molar-refractivity contribution >= 4 is 11.8 Å². The van der Waals surface area contributed by atoms with E-state index in [9.17, 15) is 14.0 Å². The van der Waals surface area contributed by atoms with Gasteiger partial charge in [-0.2, -0.15) is 0 Å². The second-order valence-corrected chi connectivity index (χ2v) is 9.26. The highest BCUT2D eigenvalue weighted by Crippen LogP contribution is 2.18. The average molecular weight is 447 g/mol. The van der Waals surface area contributed by atoms with Gasteiger partial charge in [0.2, 0.25) is 11.8 Å². The Balaban J connectivity index is 1.96. The van der Waals surface area contributed by atoms with Crippen molar-refractivity contribution in [2.24, 2.45) is 0 Å². The van der Waals surface area contributed by atoms with Gasteiger partial charge in [-0.1, -0.05) is 72.8 Å². The molecule has 0 bridgehead atoms. The first-order valence-corrected chi connectivity index (χ1v) is 11.1. The molecule has 3 aromatic rings. The van der Waals surface area contributed by atoms with Crippen LogP contribution in [0.3, 0.4) is 0 Å². The van der Waals surface area contributed by atoms with Gasteiger partial charge in [0.1, 0.15) is 11.9 Å². The zero-order valence-corrected chi connectivity index (χ0v) is 19.4. The SMILES string of the molecule is CC(C)(C)NC(=O)[C@@H](Cc1ccccc1)N(Cc1ccccc1)C(=O)Cc1ccc(F)cc1. The van der Waals surface area contributed by atoms with Crippen molar-refractivity contribution in [1.82, 2.24) is 10.2 Å². The van der Waals surface area contributed by atoms with E-state index in [-0.39, 0.29) is 24.1 Å². The molecule has 1 atom stereocenters. The van der Waals surface area contributed by atoms with E-state index in [1.54, 1.807) is 17.0 Å². The number of hydrogen-bond donors (Lipinski definition) is 1. The molecule has 0 unspecified atom stereocenters. The number of nitrogens with one attached hydrogen (secondary N) is 1. The lowest BCUT2D eigenvalue weighted by atomic mass is 10.00. The van der Waals surface area contributed by atoms with E-state index >= 15 is 0 Å². The number of rotatable bonds is 8. The fourth-order valence-corrected chi connectivity index (χ4v) is 3.67. The summed E-state index contributed by atoms with van der Waals surface area (Å²) >= 11 is 0. The van der Waals surface area contributed by atoms with Crippen LogP contribution in [0.25, 0.3) is 0 Å². The normalized spacial score (nSPS) is 12.1. The van der Waals surface area contributed by atoms with E-state index < -0.39 is 11.6 Å². The van der Waals surface area contributed by atoms with Crippen molar-refractivity contribution in [3.05, 3.63) is 107 Å².